The number of carbonyl (C=O) groups excluding carboxylic acids is 2. The van der Waals surface area contributed by atoms with Crippen molar-refractivity contribution >= 4 is 44.9 Å². The molecule has 0 aromatic heterocycles. The molecule has 3 amide bonds. The second-order valence-electron chi connectivity index (χ2n) is 10.7. The number of likely N-dealkylation sites (N-methyl/N-ethyl adjacent to an activating group) is 1. The lowest BCUT2D eigenvalue weighted by molar-refractivity contribution is 0.0389. The highest BCUT2D eigenvalue weighted by Gasteiger charge is 2.36. The SMILES string of the molecule is C[C@H]1CN([C@@H](C)CO)C(=O)c2cccc(NC(=O)Nc3ccc4c(c3)OCO4)c2O[C@@H]1CN(C)S(=O)(=O)c1ccc(Cl)cc1. The Hall–Kier alpha value is -4.04. The van der Waals surface area contributed by atoms with Crippen LogP contribution in [0.1, 0.15) is 24.2 Å². The summed E-state index contributed by atoms with van der Waals surface area (Å²) in [7, 11) is -2.47. The Morgan fingerprint density at radius 1 is 1.11 bits per heavy atom. The number of hydrogen-bond acceptors (Lipinski definition) is 8. The topological polar surface area (TPSA) is 147 Å². The van der Waals surface area contributed by atoms with Gasteiger partial charge in [0.15, 0.2) is 17.2 Å². The van der Waals surface area contributed by atoms with E-state index in [2.05, 4.69) is 10.6 Å². The fourth-order valence-electron chi connectivity index (χ4n) is 4.96. The first-order chi connectivity index (χ1) is 21.0. The molecule has 0 aliphatic carbocycles. The van der Waals surface area contributed by atoms with E-state index in [1.54, 1.807) is 43.3 Å². The molecule has 3 atom stereocenters. The highest BCUT2D eigenvalue weighted by atomic mass is 35.5. The molecule has 44 heavy (non-hydrogen) atoms. The Bertz CT molecular complexity index is 1650. The maximum absolute atomic E-state index is 13.7. The fraction of sp³-hybridized carbons (Fsp3) is 0.333. The number of sulfonamides is 1. The van der Waals surface area contributed by atoms with Crippen molar-refractivity contribution < 1.29 is 37.3 Å². The zero-order valence-corrected chi connectivity index (χ0v) is 25.9. The minimum absolute atomic E-state index is 0.0662. The van der Waals surface area contributed by atoms with Crippen LogP contribution in [0.4, 0.5) is 16.2 Å². The largest absolute Gasteiger partial charge is 0.486 e. The zero-order chi connectivity index (χ0) is 31.6. The third-order valence-electron chi connectivity index (χ3n) is 7.53. The molecule has 5 rings (SSSR count). The summed E-state index contributed by atoms with van der Waals surface area (Å²) in [6, 6.07) is 14.4. The highest BCUT2D eigenvalue weighted by molar-refractivity contribution is 7.89. The lowest BCUT2D eigenvalue weighted by Crippen LogP contribution is -2.50. The van der Waals surface area contributed by atoms with E-state index in [9.17, 15) is 23.1 Å². The molecule has 3 aromatic rings. The number of nitrogens with zero attached hydrogens (tertiary/aromatic N) is 2. The van der Waals surface area contributed by atoms with Crippen LogP contribution in [0.3, 0.4) is 0 Å². The molecule has 0 unspecified atom stereocenters. The van der Waals surface area contributed by atoms with E-state index in [0.29, 0.717) is 22.2 Å². The van der Waals surface area contributed by atoms with Gasteiger partial charge in [0.05, 0.1) is 35.3 Å². The molecule has 12 nitrogen and oxygen atoms in total. The van der Waals surface area contributed by atoms with Gasteiger partial charge in [-0.15, -0.1) is 0 Å². The average molecular weight is 645 g/mol. The van der Waals surface area contributed by atoms with E-state index in [4.69, 9.17) is 25.8 Å². The van der Waals surface area contributed by atoms with Crippen molar-refractivity contribution in [2.75, 3.05) is 44.2 Å². The Labute approximate surface area is 260 Å². The molecule has 2 aliphatic heterocycles. The molecule has 0 spiro atoms. The molecule has 0 saturated heterocycles. The maximum atomic E-state index is 13.7. The summed E-state index contributed by atoms with van der Waals surface area (Å²) in [5.74, 6) is 0.377. The first-order valence-electron chi connectivity index (χ1n) is 13.9. The number of para-hydroxylation sites is 1. The number of aliphatic hydroxyl groups excluding tert-OH is 1. The van der Waals surface area contributed by atoms with Crippen LogP contribution in [0, 0.1) is 5.92 Å². The normalized spacial score (nSPS) is 18.6. The predicted octanol–water partition coefficient (Wildman–Crippen LogP) is 4.25. The number of benzene rings is 3. The van der Waals surface area contributed by atoms with Crippen LogP contribution >= 0.6 is 11.6 Å². The van der Waals surface area contributed by atoms with Crippen LogP contribution in [-0.4, -0.2) is 80.4 Å². The molecular weight excluding hydrogens is 612 g/mol. The smallest absolute Gasteiger partial charge is 0.323 e. The number of hydrogen-bond donors (Lipinski definition) is 3. The minimum atomic E-state index is -3.92. The maximum Gasteiger partial charge on any atom is 0.323 e. The number of anilines is 2. The van der Waals surface area contributed by atoms with Gasteiger partial charge in [-0.25, -0.2) is 13.2 Å². The van der Waals surface area contributed by atoms with Crippen molar-refractivity contribution in [3.63, 3.8) is 0 Å². The number of halogens is 1. The molecule has 3 N–H and O–H groups in total. The monoisotopic (exact) mass is 644 g/mol. The number of rotatable bonds is 8. The Morgan fingerprint density at radius 3 is 2.57 bits per heavy atom. The van der Waals surface area contributed by atoms with E-state index >= 15 is 0 Å². The highest BCUT2D eigenvalue weighted by Crippen LogP contribution is 2.37. The van der Waals surface area contributed by atoms with Crippen LogP contribution in [0.25, 0.3) is 0 Å². The summed E-state index contributed by atoms with van der Waals surface area (Å²) in [5.41, 5.74) is 0.810. The van der Waals surface area contributed by atoms with Crippen molar-refractivity contribution in [1.82, 2.24) is 9.21 Å². The standard InChI is InChI=1S/C30H33ClN4O8S/c1-18-14-35(19(2)16-36)29(37)23-5-4-6-24(33-30(38)32-21-9-12-25-26(13-21)42-17-41-25)28(23)43-27(18)15-34(3)44(39,40)22-10-7-20(31)8-11-22/h4-13,18-19,27,36H,14-17H2,1-3H3,(H2,32,33,38)/t18-,19-,27+/m0/s1. The Morgan fingerprint density at radius 2 is 1.84 bits per heavy atom. The molecule has 2 heterocycles. The molecular formula is C30H33ClN4O8S. The van der Waals surface area contributed by atoms with Gasteiger partial charge in [-0.1, -0.05) is 24.6 Å². The number of aliphatic hydroxyl groups is 1. The number of ether oxygens (including phenoxy) is 3. The van der Waals surface area contributed by atoms with E-state index in [1.807, 2.05) is 6.92 Å². The molecule has 0 radical (unpaired) electrons. The average Bonchev–Trinajstić information content (AvgIpc) is 3.47. The van der Waals surface area contributed by atoms with Gasteiger partial charge in [0.2, 0.25) is 16.8 Å². The van der Waals surface area contributed by atoms with Crippen molar-refractivity contribution in [2.24, 2.45) is 5.92 Å². The number of nitrogens with one attached hydrogen (secondary N) is 2. The van der Waals surface area contributed by atoms with Crippen molar-refractivity contribution in [3.8, 4) is 17.2 Å². The third-order valence-corrected chi connectivity index (χ3v) is 9.62. The summed E-state index contributed by atoms with van der Waals surface area (Å²) < 4.78 is 45.1. The lowest BCUT2D eigenvalue weighted by atomic mass is 9.99. The second-order valence-corrected chi connectivity index (χ2v) is 13.2. The van der Waals surface area contributed by atoms with Crippen molar-refractivity contribution in [3.05, 3.63) is 71.2 Å². The fourth-order valence-corrected chi connectivity index (χ4v) is 6.27. The molecule has 234 valence electrons. The van der Waals surface area contributed by atoms with Gasteiger partial charge in [-0.3, -0.25) is 4.79 Å². The van der Waals surface area contributed by atoms with Gasteiger partial charge in [-0.2, -0.15) is 4.31 Å². The van der Waals surface area contributed by atoms with E-state index < -0.39 is 34.1 Å². The van der Waals surface area contributed by atoms with Crippen LogP contribution in [-0.2, 0) is 10.0 Å². The van der Waals surface area contributed by atoms with Gasteiger partial charge in [-0.05, 0) is 55.5 Å². The van der Waals surface area contributed by atoms with E-state index in [0.717, 1.165) is 0 Å². The van der Waals surface area contributed by atoms with Crippen molar-refractivity contribution in [1.29, 1.82) is 0 Å². The van der Waals surface area contributed by atoms with Gasteiger partial charge in [0.25, 0.3) is 5.91 Å². The van der Waals surface area contributed by atoms with Gasteiger partial charge in [0, 0.05) is 36.3 Å². The van der Waals surface area contributed by atoms with Gasteiger partial charge in [0.1, 0.15) is 6.10 Å². The number of urea groups is 1. The van der Waals surface area contributed by atoms with Crippen molar-refractivity contribution in [2.45, 2.75) is 30.9 Å². The van der Waals surface area contributed by atoms with Crippen LogP contribution in [0.5, 0.6) is 17.2 Å². The Balaban J connectivity index is 1.45. The van der Waals surface area contributed by atoms with Crippen LogP contribution in [0.15, 0.2) is 65.6 Å². The van der Waals surface area contributed by atoms with E-state index in [-0.39, 0.29) is 54.3 Å². The minimum Gasteiger partial charge on any atom is -0.486 e. The summed E-state index contributed by atoms with van der Waals surface area (Å²) in [4.78, 5) is 28.4. The first-order valence-corrected chi connectivity index (χ1v) is 15.7. The number of fused-ring (bicyclic) bond motifs is 2. The molecule has 14 heteroatoms. The number of carbonyl (C=O) groups is 2. The van der Waals surface area contributed by atoms with Crippen LogP contribution in [0.2, 0.25) is 5.02 Å². The van der Waals surface area contributed by atoms with Gasteiger partial charge >= 0.3 is 6.03 Å². The zero-order valence-electron chi connectivity index (χ0n) is 24.3. The second kappa shape index (κ2) is 12.9. The first kappa shape index (κ1) is 31.4. The molecule has 0 saturated carbocycles. The summed E-state index contributed by atoms with van der Waals surface area (Å²) in [6.07, 6.45) is -0.748. The number of amides is 3. The lowest BCUT2D eigenvalue weighted by Gasteiger charge is -2.38. The molecule has 2 aliphatic rings. The van der Waals surface area contributed by atoms with Crippen LogP contribution < -0.4 is 24.8 Å². The summed E-state index contributed by atoms with van der Waals surface area (Å²) in [6.45, 7) is 3.50. The predicted molar refractivity (Wildman–Crippen MR) is 164 cm³/mol. The van der Waals surface area contributed by atoms with E-state index in [1.165, 1.54) is 40.5 Å². The summed E-state index contributed by atoms with van der Waals surface area (Å²) >= 11 is 5.96. The molecule has 3 aromatic carbocycles. The Kier molecular flexibility index (Phi) is 9.20. The summed E-state index contributed by atoms with van der Waals surface area (Å²) in [5, 5.41) is 15.8. The van der Waals surface area contributed by atoms with Gasteiger partial charge < -0.3 is 34.9 Å². The quantitative estimate of drug-likeness (QED) is 0.330. The molecule has 0 fully saturated rings. The molecule has 0 bridgehead atoms. The third kappa shape index (κ3) is 6.55.